The normalized spacial score (nSPS) is 19.5. The molecule has 2 aromatic carbocycles. The highest BCUT2D eigenvalue weighted by Gasteiger charge is 2.39. The van der Waals surface area contributed by atoms with Crippen molar-refractivity contribution in [3.05, 3.63) is 63.7 Å². The standard InChI is InChI=1S/C20H23N3O4S/c1-15-8-9-19(20(13-15)23(24)25)21-11-4-6-17(14-21)28(26,27)22-12-10-16-5-2-3-7-18(16)22/h2-3,5,7-9,13,17H,4,6,10-12,14H2,1H3. The van der Waals surface area contributed by atoms with Crippen molar-refractivity contribution in [3.63, 3.8) is 0 Å². The van der Waals surface area contributed by atoms with Gasteiger partial charge >= 0.3 is 0 Å². The van der Waals surface area contributed by atoms with E-state index >= 15 is 0 Å². The molecule has 148 valence electrons. The number of nitrogens with zero attached hydrogens (tertiary/aromatic N) is 3. The molecule has 1 fully saturated rings. The van der Waals surface area contributed by atoms with Gasteiger partial charge in [0.05, 0.1) is 15.9 Å². The molecule has 0 N–H and O–H groups in total. The van der Waals surface area contributed by atoms with Gasteiger partial charge in [0.25, 0.3) is 5.69 Å². The van der Waals surface area contributed by atoms with Crippen LogP contribution >= 0.6 is 0 Å². The lowest BCUT2D eigenvalue weighted by atomic mass is 10.1. The molecule has 2 aromatic rings. The number of anilines is 2. The second-order valence-corrected chi connectivity index (χ2v) is 9.59. The lowest BCUT2D eigenvalue weighted by Crippen LogP contribution is -2.48. The maximum Gasteiger partial charge on any atom is 0.292 e. The Bertz CT molecular complexity index is 1020. The topological polar surface area (TPSA) is 83.8 Å². The first-order valence-corrected chi connectivity index (χ1v) is 11.0. The first kappa shape index (κ1) is 18.7. The quantitative estimate of drug-likeness (QED) is 0.580. The summed E-state index contributed by atoms with van der Waals surface area (Å²) >= 11 is 0. The van der Waals surface area contributed by atoms with Crippen LogP contribution in [0.4, 0.5) is 17.1 Å². The predicted octanol–water partition coefficient (Wildman–Crippen LogP) is 3.26. The highest BCUT2D eigenvalue weighted by molar-refractivity contribution is 7.93. The first-order chi connectivity index (χ1) is 13.4. The Hall–Kier alpha value is -2.61. The third kappa shape index (κ3) is 3.22. The number of aryl methyl sites for hydroxylation is 1. The summed E-state index contributed by atoms with van der Waals surface area (Å²) in [5.41, 5.74) is 3.15. The van der Waals surface area contributed by atoms with Crippen LogP contribution in [0, 0.1) is 17.0 Å². The van der Waals surface area contributed by atoms with E-state index in [1.807, 2.05) is 42.2 Å². The van der Waals surface area contributed by atoms with Crippen LogP contribution in [0.25, 0.3) is 0 Å². The molecule has 7 nitrogen and oxygen atoms in total. The molecule has 2 aliphatic rings. The number of nitro benzene ring substituents is 1. The average Bonchev–Trinajstić information content (AvgIpc) is 3.13. The molecule has 0 spiro atoms. The van der Waals surface area contributed by atoms with Crippen LogP contribution in [-0.4, -0.2) is 38.2 Å². The van der Waals surface area contributed by atoms with Gasteiger partial charge in [-0.15, -0.1) is 0 Å². The van der Waals surface area contributed by atoms with Gasteiger partial charge in [-0.3, -0.25) is 14.4 Å². The largest absolute Gasteiger partial charge is 0.365 e. The van der Waals surface area contributed by atoms with Crippen molar-refractivity contribution in [1.82, 2.24) is 0 Å². The summed E-state index contributed by atoms with van der Waals surface area (Å²) in [6, 6.07) is 12.7. The second-order valence-electron chi connectivity index (χ2n) is 7.46. The van der Waals surface area contributed by atoms with Gasteiger partial charge in [-0.2, -0.15) is 0 Å². The highest BCUT2D eigenvalue weighted by Crippen LogP contribution is 2.36. The van der Waals surface area contributed by atoms with Gasteiger partial charge in [0.15, 0.2) is 0 Å². The molecule has 2 heterocycles. The molecule has 28 heavy (non-hydrogen) atoms. The molecular weight excluding hydrogens is 378 g/mol. The minimum Gasteiger partial charge on any atom is -0.365 e. The van der Waals surface area contributed by atoms with Crippen LogP contribution in [0.1, 0.15) is 24.0 Å². The zero-order valence-corrected chi connectivity index (χ0v) is 16.6. The molecule has 1 atom stereocenters. The average molecular weight is 401 g/mol. The lowest BCUT2D eigenvalue weighted by Gasteiger charge is -2.36. The molecule has 0 aromatic heterocycles. The zero-order chi connectivity index (χ0) is 19.9. The van der Waals surface area contributed by atoms with Crippen molar-refractivity contribution >= 4 is 27.1 Å². The Morgan fingerprint density at radius 3 is 2.68 bits per heavy atom. The Morgan fingerprint density at radius 1 is 1.11 bits per heavy atom. The van der Waals surface area contributed by atoms with E-state index in [1.54, 1.807) is 12.1 Å². The first-order valence-electron chi connectivity index (χ1n) is 9.47. The summed E-state index contributed by atoms with van der Waals surface area (Å²) in [5.74, 6) is 0. The number of sulfonamides is 1. The van der Waals surface area contributed by atoms with Crippen molar-refractivity contribution in [2.45, 2.75) is 31.4 Å². The van der Waals surface area contributed by atoms with Crippen LogP contribution in [0.5, 0.6) is 0 Å². The van der Waals surface area contributed by atoms with E-state index in [2.05, 4.69) is 0 Å². The summed E-state index contributed by atoms with van der Waals surface area (Å²) < 4.78 is 28.3. The number of piperidine rings is 1. The van der Waals surface area contributed by atoms with E-state index in [-0.39, 0.29) is 12.2 Å². The Morgan fingerprint density at radius 2 is 1.89 bits per heavy atom. The van der Waals surface area contributed by atoms with Gasteiger partial charge in [-0.25, -0.2) is 8.42 Å². The number of rotatable bonds is 4. The fourth-order valence-corrected chi connectivity index (χ4v) is 6.19. The molecule has 0 aliphatic carbocycles. The molecule has 1 unspecified atom stereocenters. The fourth-order valence-electron chi connectivity index (χ4n) is 4.20. The van der Waals surface area contributed by atoms with E-state index in [9.17, 15) is 18.5 Å². The molecule has 2 aliphatic heterocycles. The van der Waals surface area contributed by atoms with Crippen molar-refractivity contribution in [3.8, 4) is 0 Å². The molecule has 1 saturated heterocycles. The van der Waals surface area contributed by atoms with E-state index in [0.29, 0.717) is 31.6 Å². The molecule has 0 bridgehead atoms. The molecule has 0 amide bonds. The Kier molecular flexibility index (Phi) is 4.74. The zero-order valence-electron chi connectivity index (χ0n) is 15.7. The van der Waals surface area contributed by atoms with E-state index in [1.165, 1.54) is 4.31 Å². The van der Waals surface area contributed by atoms with Gasteiger partial charge in [0.2, 0.25) is 10.0 Å². The van der Waals surface area contributed by atoms with Gasteiger partial charge in [0.1, 0.15) is 5.69 Å². The monoisotopic (exact) mass is 401 g/mol. The van der Waals surface area contributed by atoms with Crippen LogP contribution in [-0.2, 0) is 16.4 Å². The number of hydrogen-bond acceptors (Lipinski definition) is 5. The number of fused-ring (bicyclic) bond motifs is 1. The van der Waals surface area contributed by atoms with Crippen molar-refractivity contribution in [1.29, 1.82) is 0 Å². The SMILES string of the molecule is Cc1ccc(N2CCCC(S(=O)(=O)N3CCc4ccccc43)C2)c([N+](=O)[O-])c1. The maximum atomic E-state index is 13.4. The van der Waals surface area contributed by atoms with Crippen LogP contribution in [0.3, 0.4) is 0 Å². The minimum atomic E-state index is -3.54. The highest BCUT2D eigenvalue weighted by atomic mass is 32.2. The molecule has 4 rings (SSSR count). The number of nitro groups is 1. The number of benzene rings is 2. The van der Waals surface area contributed by atoms with E-state index in [0.717, 1.165) is 23.2 Å². The third-order valence-electron chi connectivity index (χ3n) is 5.62. The molecule has 0 radical (unpaired) electrons. The summed E-state index contributed by atoms with van der Waals surface area (Å²) in [5, 5.41) is 10.9. The van der Waals surface area contributed by atoms with Gasteiger partial charge in [-0.1, -0.05) is 24.3 Å². The summed E-state index contributed by atoms with van der Waals surface area (Å²) in [6.07, 6.45) is 1.97. The summed E-state index contributed by atoms with van der Waals surface area (Å²) in [4.78, 5) is 13.0. The fraction of sp³-hybridized carbons (Fsp3) is 0.400. The van der Waals surface area contributed by atoms with Gasteiger partial charge < -0.3 is 4.90 Å². The Labute approximate surface area is 164 Å². The van der Waals surface area contributed by atoms with Crippen LogP contribution in [0.2, 0.25) is 0 Å². The number of hydrogen-bond donors (Lipinski definition) is 0. The Balaban J connectivity index is 1.62. The van der Waals surface area contributed by atoms with Crippen molar-refractivity contribution in [2.24, 2.45) is 0 Å². The van der Waals surface area contributed by atoms with E-state index in [4.69, 9.17) is 0 Å². The van der Waals surface area contributed by atoms with Crippen LogP contribution in [0.15, 0.2) is 42.5 Å². The number of para-hydroxylation sites is 1. The third-order valence-corrected chi connectivity index (χ3v) is 7.84. The lowest BCUT2D eigenvalue weighted by molar-refractivity contribution is -0.384. The van der Waals surface area contributed by atoms with Crippen molar-refractivity contribution < 1.29 is 13.3 Å². The minimum absolute atomic E-state index is 0.0320. The maximum absolute atomic E-state index is 13.4. The smallest absolute Gasteiger partial charge is 0.292 e. The van der Waals surface area contributed by atoms with Gasteiger partial charge in [-0.05, 0) is 49.4 Å². The van der Waals surface area contributed by atoms with Gasteiger partial charge in [0, 0.05) is 25.7 Å². The summed E-state index contributed by atoms with van der Waals surface area (Å²) in [6.45, 7) is 3.16. The van der Waals surface area contributed by atoms with E-state index < -0.39 is 20.2 Å². The van der Waals surface area contributed by atoms with Crippen LogP contribution < -0.4 is 9.21 Å². The molecule has 0 saturated carbocycles. The molecular formula is C20H23N3O4S. The molecule has 8 heteroatoms. The second kappa shape index (κ2) is 7.09. The predicted molar refractivity (Wildman–Crippen MR) is 109 cm³/mol. The summed E-state index contributed by atoms with van der Waals surface area (Å²) in [7, 11) is -3.54. The van der Waals surface area contributed by atoms with Crippen molar-refractivity contribution in [2.75, 3.05) is 28.8 Å².